The fourth-order valence-corrected chi connectivity index (χ4v) is 6.60. The lowest BCUT2D eigenvalue weighted by molar-refractivity contribution is 1.06. The van der Waals surface area contributed by atoms with Crippen LogP contribution in [-0.4, -0.2) is 24.9 Å². The van der Waals surface area contributed by atoms with E-state index < -0.39 is 0 Å². The summed E-state index contributed by atoms with van der Waals surface area (Å²) in [6.45, 7) is 0. The van der Waals surface area contributed by atoms with Crippen molar-refractivity contribution in [2.45, 2.75) is 0 Å². The van der Waals surface area contributed by atoms with Gasteiger partial charge in [0.1, 0.15) is 12.7 Å². The Morgan fingerprint density at radius 2 is 0.826 bits per heavy atom. The molecule has 5 heteroatoms. The molecule has 0 radical (unpaired) electrons. The molecule has 46 heavy (non-hydrogen) atoms. The van der Waals surface area contributed by atoms with E-state index in [0.29, 0.717) is 11.6 Å². The molecule has 9 aromatic rings. The first kappa shape index (κ1) is 26.1. The molecule has 9 rings (SSSR count). The fraction of sp³-hybridized carbons (Fsp3) is 0. The molecule has 0 aliphatic heterocycles. The largest absolute Gasteiger partial charge is 0.228 e. The SMILES string of the molecule is c1ccc(-c2cc(-c3ccc(-c4ncncn4)cc3)nc(-c3cc4c5ccccc5c5ccccc5c4c4ccccc34)n2)cc1. The molecule has 0 aliphatic carbocycles. The summed E-state index contributed by atoms with van der Waals surface area (Å²) < 4.78 is 0. The Balaban J connectivity index is 1.33. The molecule has 0 aliphatic rings. The highest BCUT2D eigenvalue weighted by Gasteiger charge is 2.18. The van der Waals surface area contributed by atoms with Crippen molar-refractivity contribution in [1.29, 1.82) is 0 Å². The summed E-state index contributed by atoms with van der Waals surface area (Å²) in [4.78, 5) is 23.0. The molecule has 0 saturated carbocycles. The maximum Gasteiger partial charge on any atom is 0.162 e. The first-order chi connectivity index (χ1) is 22.8. The third-order valence-electron chi connectivity index (χ3n) is 8.72. The Labute approximate surface area is 264 Å². The van der Waals surface area contributed by atoms with E-state index in [1.54, 1.807) is 0 Å². The predicted octanol–water partition coefficient (Wildman–Crippen LogP) is 9.94. The van der Waals surface area contributed by atoms with Crippen molar-refractivity contribution >= 4 is 43.1 Å². The van der Waals surface area contributed by atoms with Crippen molar-refractivity contribution in [1.82, 2.24) is 24.9 Å². The molecule has 214 valence electrons. The zero-order valence-corrected chi connectivity index (χ0v) is 24.7. The van der Waals surface area contributed by atoms with E-state index in [1.165, 1.54) is 50.4 Å². The second kappa shape index (κ2) is 10.7. The number of fused-ring (bicyclic) bond motifs is 8. The monoisotopic (exact) mass is 587 g/mol. The van der Waals surface area contributed by atoms with Gasteiger partial charge in [0.2, 0.25) is 0 Å². The van der Waals surface area contributed by atoms with E-state index in [0.717, 1.165) is 39.0 Å². The van der Waals surface area contributed by atoms with Gasteiger partial charge in [0.15, 0.2) is 11.6 Å². The summed E-state index contributed by atoms with van der Waals surface area (Å²) in [6.07, 6.45) is 3.03. The van der Waals surface area contributed by atoms with Gasteiger partial charge in [-0.1, -0.05) is 127 Å². The molecule has 2 aromatic heterocycles. The second-order valence-corrected chi connectivity index (χ2v) is 11.4. The van der Waals surface area contributed by atoms with Crippen molar-refractivity contribution in [2.75, 3.05) is 0 Å². The molecule has 0 spiro atoms. The third kappa shape index (κ3) is 4.29. The van der Waals surface area contributed by atoms with Crippen LogP contribution < -0.4 is 0 Å². The Bertz CT molecular complexity index is 2560. The molecule has 0 N–H and O–H groups in total. The van der Waals surface area contributed by atoms with Crippen LogP contribution in [0.3, 0.4) is 0 Å². The van der Waals surface area contributed by atoms with E-state index >= 15 is 0 Å². The highest BCUT2D eigenvalue weighted by molar-refractivity contribution is 6.32. The summed E-state index contributed by atoms with van der Waals surface area (Å²) in [5.74, 6) is 1.32. The van der Waals surface area contributed by atoms with Gasteiger partial charge in [-0.05, 0) is 55.2 Å². The summed E-state index contributed by atoms with van der Waals surface area (Å²) in [5, 5.41) is 9.72. The summed E-state index contributed by atoms with van der Waals surface area (Å²) in [6, 6.07) is 48.9. The maximum absolute atomic E-state index is 5.25. The molecule has 7 aromatic carbocycles. The topological polar surface area (TPSA) is 64.5 Å². The maximum atomic E-state index is 5.25. The molecule has 0 amide bonds. The zero-order valence-electron chi connectivity index (χ0n) is 24.7. The van der Waals surface area contributed by atoms with Crippen LogP contribution in [-0.2, 0) is 0 Å². The zero-order chi connectivity index (χ0) is 30.5. The molecular formula is C41H25N5. The van der Waals surface area contributed by atoms with Crippen molar-refractivity contribution in [3.8, 4) is 45.3 Å². The summed E-state index contributed by atoms with van der Waals surface area (Å²) >= 11 is 0. The van der Waals surface area contributed by atoms with Gasteiger partial charge in [-0.2, -0.15) is 0 Å². The molecular weight excluding hydrogens is 562 g/mol. The molecule has 0 saturated heterocycles. The quantitative estimate of drug-likeness (QED) is 0.192. The fourth-order valence-electron chi connectivity index (χ4n) is 6.60. The van der Waals surface area contributed by atoms with Crippen LogP contribution in [0, 0.1) is 0 Å². The smallest absolute Gasteiger partial charge is 0.162 e. The minimum Gasteiger partial charge on any atom is -0.228 e. The van der Waals surface area contributed by atoms with Gasteiger partial charge < -0.3 is 0 Å². The lowest BCUT2D eigenvalue weighted by atomic mass is 9.89. The van der Waals surface area contributed by atoms with Crippen LogP contribution in [0.4, 0.5) is 0 Å². The van der Waals surface area contributed by atoms with Gasteiger partial charge in [0.25, 0.3) is 0 Å². The number of rotatable bonds is 4. The lowest BCUT2D eigenvalue weighted by Crippen LogP contribution is -1.97. The van der Waals surface area contributed by atoms with Crippen LogP contribution in [0.2, 0.25) is 0 Å². The molecule has 0 unspecified atom stereocenters. The number of nitrogens with zero attached hydrogens (tertiary/aromatic N) is 5. The van der Waals surface area contributed by atoms with E-state index in [4.69, 9.17) is 9.97 Å². The van der Waals surface area contributed by atoms with E-state index in [-0.39, 0.29) is 0 Å². The molecule has 0 atom stereocenters. The second-order valence-electron chi connectivity index (χ2n) is 11.4. The van der Waals surface area contributed by atoms with Gasteiger partial charge in [-0.15, -0.1) is 0 Å². The standard InChI is InChI=1S/C41H25N5/c1-2-10-26(11-3-1)37-23-38(27-18-20-28(21-19-27)40-43-24-42-25-44-40)46-41(45-37)36-22-35-31-14-5-4-12-29(31)30-13-6-8-16-33(30)39(35)34-17-9-7-15-32(34)36/h1-25H. The Morgan fingerprint density at radius 3 is 1.48 bits per heavy atom. The Hall–Kier alpha value is -6.33. The van der Waals surface area contributed by atoms with Crippen molar-refractivity contribution in [3.05, 3.63) is 152 Å². The van der Waals surface area contributed by atoms with Crippen molar-refractivity contribution < 1.29 is 0 Å². The number of hydrogen-bond donors (Lipinski definition) is 0. The van der Waals surface area contributed by atoms with Gasteiger partial charge in [-0.3, -0.25) is 0 Å². The van der Waals surface area contributed by atoms with Crippen LogP contribution in [0.15, 0.2) is 152 Å². The van der Waals surface area contributed by atoms with Crippen molar-refractivity contribution in [2.24, 2.45) is 0 Å². The molecule has 0 fully saturated rings. The Kier molecular flexibility index (Phi) is 6.06. The number of aromatic nitrogens is 5. The van der Waals surface area contributed by atoms with Crippen LogP contribution in [0.25, 0.3) is 88.4 Å². The normalized spacial score (nSPS) is 11.5. The van der Waals surface area contributed by atoms with Gasteiger partial charge in [0.05, 0.1) is 11.4 Å². The Morgan fingerprint density at radius 1 is 0.348 bits per heavy atom. The van der Waals surface area contributed by atoms with Crippen molar-refractivity contribution in [3.63, 3.8) is 0 Å². The van der Waals surface area contributed by atoms with E-state index in [1.807, 2.05) is 30.3 Å². The molecule has 2 heterocycles. The highest BCUT2D eigenvalue weighted by Crippen LogP contribution is 2.42. The average molecular weight is 588 g/mol. The van der Waals surface area contributed by atoms with Gasteiger partial charge in [0, 0.05) is 22.3 Å². The minimum absolute atomic E-state index is 0.636. The number of hydrogen-bond acceptors (Lipinski definition) is 5. The highest BCUT2D eigenvalue weighted by atomic mass is 15.0. The van der Waals surface area contributed by atoms with Gasteiger partial charge >= 0.3 is 0 Å². The predicted molar refractivity (Wildman–Crippen MR) is 187 cm³/mol. The van der Waals surface area contributed by atoms with Crippen LogP contribution >= 0.6 is 0 Å². The number of benzene rings is 7. The summed E-state index contributed by atoms with van der Waals surface area (Å²) in [7, 11) is 0. The van der Waals surface area contributed by atoms with Crippen LogP contribution in [0.5, 0.6) is 0 Å². The van der Waals surface area contributed by atoms with E-state index in [2.05, 4.69) is 124 Å². The third-order valence-corrected chi connectivity index (χ3v) is 8.72. The minimum atomic E-state index is 0.636. The van der Waals surface area contributed by atoms with Crippen LogP contribution in [0.1, 0.15) is 0 Å². The first-order valence-electron chi connectivity index (χ1n) is 15.2. The first-order valence-corrected chi connectivity index (χ1v) is 15.2. The lowest BCUT2D eigenvalue weighted by Gasteiger charge is -2.16. The summed E-state index contributed by atoms with van der Waals surface area (Å²) in [5.41, 5.74) is 5.66. The van der Waals surface area contributed by atoms with Gasteiger partial charge in [-0.25, -0.2) is 24.9 Å². The molecule has 5 nitrogen and oxygen atoms in total. The van der Waals surface area contributed by atoms with E-state index in [9.17, 15) is 0 Å². The average Bonchev–Trinajstić information content (AvgIpc) is 3.15. The molecule has 0 bridgehead atoms.